The molecule has 0 saturated heterocycles. The molecule has 0 bridgehead atoms. The van der Waals surface area contributed by atoms with Gasteiger partial charge < -0.3 is 11.1 Å². The molecule has 3 rings (SSSR count). The number of anilines is 1. The highest BCUT2D eigenvalue weighted by Gasteiger charge is 2.45. The highest BCUT2D eigenvalue weighted by Crippen LogP contribution is 2.49. The Bertz CT molecular complexity index is 716. The van der Waals surface area contributed by atoms with Crippen molar-refractivity contribution in [2.45, 2.75) is 31.1 Å². The van der Waals surface area contributed by atoms with Crippen molar-refractivity contribution < 1.29 is 4.79 Å². The van der Waals surface area contributed by atoms with E-state index in [4.69, 9.17) is 5.73 Å². The second kappa shape index (κ2) is 8.04. The maximum atomic E-state index is 12.2. The van der Waals surface area contributed by atoms with Gasteiger partial charge in [0.25, 0.3) is 0 Å². The molecule has 24 heavy (non-hydrogen) atoms. The standard InChI is InChI=1S/C19H21BrN2O.ClH/c20-16-7-3-2-6-15(16)19(11-12-19)13-22-18(23)10-9-14-5-1-4-8-17(14)21;/h1-8H,9-13,21H2,(H,22,23);1H. The lowest BCUT2D eigenvalue weighted by Gasteiger charge is -2.18. The minimum atomic E-state index is 0. The molecular weight excluding hydrogens is 388 g/mol. The van der Waals surface area contributed by atoms with E-state index in [1.165, 1.54) is 5.56 Å². The average Bonchev–Trinajstić information content (AvgIpc) is 3.34. The van der Waals surface area contributed by atoms with Gasteiger partial charge in [0, 0.05) is 28.5 Å². The van der Waals surface area contributed by atoms with Crippen LogP contribution in [0.5, 0.6) is 0 Å². The Hall–Kier alpha value is -1.52. The Kier molecular flexibility index (Phi) is 6.30. The third-order valence-electron chi connectivity index (χ3n) is 4.60. The number of nitrogens with one attached hydrogen (secondary N) is 1. The summed E-state index contributed by atoms with van der Waals surface area (Å²) in [6.07, 6.45) is 3.41. The normalized spacial score (nSPS) is 14.5. The lowest BCUT2D eigenvalue weighted by atomic mass is 9.96. The molecule has 3 N–H and O–H groups in total. The zero-order valence-corrected chi connectivity index (χ0v) is 15.8. The molecule has 0 atom stereocenters. The van der Waals surface area contributed by atoms with Crippen molar-refractivity contribution in [1.82, 2.24) is 5.32 Å². The number of nitrogens with two attached hydrogens (primary N) is 1. The quantitative estimate of drug-likeness (QED) is 0.701. The summed E-state index contributed by atoms with van der Waals surface area (Å²) < 4.78 is 1.13. The summed E-state index contributed by atoms with van der Waals surface area (Å²) in [5.74, 6) is 0.0894. The summed E-state index contributed by atoms with van der Waals surface area (Å²) in [4.78, 5) is 12.2. The second-order valence-corrected chi connectivity index (χ2v) is 7.09. The van der Waals surface area contributed by atoms with Crippen molar-refractivity contribution in [2.75, 3.05) is 12.3 Å². The third kappa shape index (κ3) is 4.31. The van der Waals surface area contributed by atoms with Gasteiger partial charge in [-0.3, -0.25) is 4.79 Å². The van der Waals surface area contributed by atoms with Crippen LogP contribution in [0.15, 0.2) is 53.0 Å². The van der Waals surface area contributed by atoms with Crippen molar-refractivity contribution >= 4 is 39.9 Å². The molecule has 128 valence electrons. The number of hydrogen-bond donors (Lipinski definition) is 2. The van der Waals surface area contributed by atoms with Crippen LogP contribution in [0.3, 0.4) is 0 Å². The summed E-state index contributed by atoms with van der Waals surface area (Å²) in [6, 6.07) is 16.0. The summed E-state index contributed by atoms with van der Waals surface area (Å²) >= 11 is 3.62. The van der Waals surface area contributed by atoms with E-state index in [2.05, 4.69) is 39.4 Å². The zero-order valence-electron chi connectivity index (χ0n) is 13.4. The van der Waals surface area contributed by atoms with Crippen LogP contribution in [0.25, 0.3) is 0 Å². The molecule has 0 unspecified atom stereocenters. The number of benzene rings is 2. The fourth-order valence-electron chi connectivity index (χ4n) is 2.95. The fourth-order valence-corrected chi connectivity index (χ4v) is 3.66. The second-order valence-electron chi connectivity index (χ2n) is 6.24. The molecule has 1 aliphatic rings. The first-order valence-corrected chi connectivity index (χ1v) is 8.75. The largest absolute Gasteiger partial charge is 0.399 e. The van der Waals surface area contributed by atoms with E-state index >= 15 is 0 Å². The number of hydrogen-bond acceptors (Lipinski definition) is 2. The van der Waals surface area contributed by atoms with Crippen LogP contribution in [-0.2, 0) is 16.6 Å². The van der Waals surface area contributed by atoms with Crippen LogP contribution >= 0.6 is 28.3 Å². The van der Waals surface area contributed by atoms with Gasteiger partial charge in [-0.15, -0.1) is 12.4 Å². The summed E-state index contributed by atoms with van der Waals surface area (Å²) in [5.41, 5.74) is 9.12. The molecule has 2 aromatic carbocycles. The van der Waals surface area contributed by atoms with Gasteiger partial charge in [-0.05, 0) is 42.5 Å². The molecule has 0 aromatic heterocycles. The van der Waals surface area contributed by atoms with E-state index in [1.54, 1.807) is 0 Å². The number of rotatable bonds is 6. The van der Waals surface area contributed by atoms with Crippen LogP contribution in [-0.4, -0.2) is 12.5 Å². The SMILES string of the molecule is Cl.Nc1ccccc1CCC(=O)NCC1(c2ccccc2Br)CC1. The van der Waals surface area contributed by atoms with Crippen LogP contribution in [0, 0.1) is 0 Å². The number of carbonyl (C=O) groups excluding carboxylic acids is 1. The highest BCUT2D eigenvalue weighted by atomic mass is 79.9. The maximum Gasteiger partial charge on any atom is 0.220 e. The van der Waals surface area contributed by atoms with Crippen molar-refractivity contribution in [3.8, 4) is 0 Å². The number of aryl methyl sites for hydroxylation is 1. The first kappa shape index (κ1) is 18.8. The molecule has 1 fully saturated rings. The van der Waals surface area contributed by atoms with Gasteiger partial charge in [-0.25, -0.2) is 0 Å². The van der Waals surface area contributed by atoms with E-state index in [0.717, 1.165) is 28.6 Å². The first-order chi connectivity index (χ1) is 11.1. The predicted octanol–water partition coefficient (Wildman–Crippen LogP) is 4.23. The van der Waals surface area contributed by atoms with Crippen LogP contribution < -0.4 is 11.1 Å². The van der Waals surface area contributed by atoms with Crippen LogP contribution in [0.2, 0.25) is 0 Å². The zero-order chi connectivity index (χ0) is 16.3. The smallest absolute Gasteiger partial charge is 0.220 e. The average molecular weight is 410 g/mol. The van der Waals surface area contributed by atoms with Crippen LogP contribution in [0.1, 0.15) is 30.4 Å². The molecule has 1 aliphatic carbocycles. The molecule has 5 heteroatoms. The Morgan fingerprint density at radius 3 is 2.46 bits per heavy atom. The van der Waals surface area contributed by atoms with Crippen molar-refractivity contribution in [1.29, 1.82) is 0 Å². The summed E-state index contributed by atoms with van der Waals surface area (Å²) in [5, 5.41) is 3.10. The van der Waals surface area contributed by atoms with Gasteiger partial charge in [0.2, 0.25) is 5.91 Å². The van der Waals surface area contributed by atoms with Crippen molar-refractivity contribution in [3.05, 3.63) is 64.1 Å². The molecule has 2 aromatic rings. The Morgan fingerprint density at radius 1 is 1.12 bits per heavy atom. The molecule has 0 spiro atoms. The third-order valence-corrected chi connectivity index (χ3v) is 5.29. The summed E-state index contributed by atoms with van der Waals surface area (Å²) in [7, 11) is 0. The Labute approximate surface area is 157 Å². The van der Waals surface area contributed by atoms with Gasteiger partial charge in [0.15, 0.2) is 0 Å². The van der Waals surface area contributed by atoms with Gasteiger partial charge in [-0.2, -0.15) is 0 Å². The van der Waals surface area contributed by atoms with Crippen LogP contribution in [0.4, 0.5) is 5.69 Å². The lowest BCUT2D eigenvalue weighted by molar-refractivity contribution is -0.121. The topological polar surface area (TPSA) is 55.1 Å². The molecule has 1 saturated carbocycles. The number of amides is 1. The molecule has 1 amide bonds. The molecule has 0 radical (unpaired) electrons. The number of carbonyl (C=O) groups is 1. The lowest BCUT2D eigenvalue weighted by Crippen LogP contribution is -2.32. The molecule has 0 heterocycles. The first-order valence-electron chi connectivity index (χ1n) is 7.96. The van der Waals surface area contributed by atoms with Crippen molar-refractivity contribution in [3.63, 3.8) is 0 Å². The number of para-hydroxylation sites is 1. The molecular formula is C19H22BrClN2O. The monoisotopic (exact) mass is 408 g/mol. The summed E-state index contributed by atoms with van der Waals surface area (Å²) in [6.45, 7) is 0.707. The van der Waals surface area contributed by atoms with E-state index in [1.807, 2.05) is 30.3 Å². The highest BCUT2D eigenvalue weighted by molar-refractivity contribution is 9.10. The van der Waals surface area contributed by atoms with E-state index in [9.17, 15) is 4.79 Å². The van der Waals surface area contributed by atoms with Gasteiger partial charge >= 0.3 is 0 Å². The van der Waals surface area contributed by atoms with Gasteiger partial charge in [-0.1, -0.05) is 52.3 Å². The fraction of sp³-hybridized carbons (Fsp3) is 0.316. The minimum Gasteiger partial charge on any atom is -0.399 e. The van der Waals surface area contributed by atoms with E-state index < -0.39 is 0 Å². The number of nitrogen functional groups attached to an aromatic ring is 1. The van der Waals surface area contributed by atoms with Gasteiger partial charge in [0.1, 0.15) is 0 Å². The number of halogens is 2. The van der Waals surface area contributed by atoms with E-state index in [0.29, 0.717) is 19.4 Å². The predicted molar refractivity (Wildman–Crippen MR) is 104 cm³/mol. The van der Waals surface area contributed by atoms with Crippen molar-refractivity contribution in [2.24, 2.45) is 0 Å². The van der Waals surface area contributed by atoms with Gasteiger partial charge in [0.05, 0.1) is 0 Å². The minimum absolute atomic E-state index is 0. The van der Waals surface area contributed by atoms with E-state index in [-0.39, 0.29) is 23.7 Å². The molecule has 3 nitrogen and oxygen atoms in total. The Morgan fingerprint density at radius 2 is 1.79 bits per heavy atom. The maximum absolute atomic E-state index is 12.2. The molecule has 0 aliphatic heterocycles. The Balaban J connectivity index is 0.00000208.